The zero-order valence-electron chi connectivity index (χ0n) is 13.7. The number of nitrogens with zero attached hydrogens (tertiary/aromatic N) is 2. The predicted octanol–water partition coefficient (Wildman–Crippen LogP) is 2.73. The molecule has 2 N–H and O–H groups in total. The first kappa shape index (κ1) is 17.4. The van der Waals surface area contributed by atoms with Crippen molar-refractivity contribution in [1.29, 1.82) is 0 Å². The largest absolute Gasteiger partial charge is 0.465 e. The van der Waals surface area contributed by atoms with Crippen molar-refractivity contribution in [1.82, 2.24) is 9.97 Å². The molecular formula is C17H20N4O3. The van der Waals surface area contributed by atoms with Crippen molar-refractivity contribution >= 4 is 23.5 Å². The molecule has 0 radical (unpaired) electrons. The number of hydrogen-bond acceptors (Lipinski definition) is 6. The summed E-state index contributed by atoms with van der Waals surface area (Å²) in [5, 5.41) is 5.78. The van der Waals surface area contributed by atoms with Crippen LogP contribution in [0.25, 0.3) is 0 Å². The Morgan fingerprint density at radius 3 is 2.58 bits per heavy atom. The van der Waals surface area contributed by atoms with Gasteiger partial charge in [-0.15, -0.1) is 0 Å². The zero-order chi connectivity index (χ0) is 17.4. The molecule has 1 heterocycles. The number of rotatable bonds is 7. The molecule has 0 unspecified atom stereocenters. The molecule has 0 aliphatic heterocycles. The minimum Gasteiger partial charge on any atom is -0.465 e. The van der Waals surface area contributed by atoms with E-state index in [1.165, 1.54) is 19.5 Å². The van der Waals surface area contributed by atoms with Gasteiger partial charge in [-0.2, -0.15) is 0 Å². The van der Waals surface area contributed by atoms with Gasteiger partial charge in [-0.25, -0.2) is 14.8 Å². The molecule has 0 saturated heterocycles. The van der Waals surface area contributed by atoms with Gasteiger partial charge in [0.2, 0.25) is 5.95 Å². The molecule has 7 nitrogen and oxygen atoms in total. The van der Waals surface area contributed by atoms with Crippen molar-refractivity contribution in [3.8, 4) is 0 Å². The normalized spacial score (nSPS) is 10.1. The fourth-order valence-corrected chi connectivity index (χ4v) is 1.96. The topological polar surface area (TPSA) is 93.2 Å². The van der Waals surface area contributed by atoms with Gasteiger partial charge in [0.15, 0.2) is 0 Å². The molecule has 1 aromatic heterocycles. The van der Waals surface area contributed by atoms with Crippen LogP contribution >= 0.6 is 0 Å². The number of hydrogen-bond donors (Lipinski definition) is 2. The number of carbonyl (C=O) groups excluding carboxylic acids is 2. The molecule has 1 amide bonds. The van der Waals surface area contributed by atoms with E-state index in [0.29, 0.717) is 22.8 Å². The third-order valence-electron chi connectivity index (χ3n) is 3.27. The monoisotopic (exact) mass is 328 g/mol. The molecule has 0 fully saturated rings. The van der Waals surface area contributed by atoms with E-state index in [-0.39, 0.29) is 5.91 Å². The second-order valence-corrected chi connectivity index (χ2v) is 5.10. The highest BCUT2D eigenvalue weighted by atomic mass is 16.5. The van der Waals surface area contributed by atoms with E-state index in [4.69, 9.17) is 0 Å². The third kappa shape index (κ3) is 4.77. The first-order valence-electron chi connectivity index (χ1n) is 7.69. The summed E-state index contributed by atoms with van der Waals surface area (Å²) in [6.45, 7) is 2.90. The summed E-state index contributed by atoms with van der Waals surface area (Å²) in [6, 6.07) is 6.51. The lowest BCUT2D eigenvalue weighted by atomic mass is 10.2. The highest BCUT2D eigenvalue weighted by Crippen LogP contribution is 2.13. The number of esters is 1. The Morgan fingerprint density at radius 2 is 1.92 bits per heavy atom. The molecule has 0 aliphatic carbocycles. The minimum absolute atomic E-state index is 0.333. The molecule has 0 spiro atoms. The molecule has 1 aromatic carbocycles. The SMILES string of the molecule is CCCCNc1ncc(C(=O)Nc2cccc(C(=O)OC)c2)cn1. The summed E-state index contributed by atoms with van der Waals surface area (Å²) >= 11 is 0. The van der Waals surface area contributed by atoms with Crippen molar-refractivity contribution in [2.45, 2.75) is 19.8 Å². The standard InChI is InChI=1S/C17H20N4O3/c1-3-4-8-18-17-19-10-13(11-20-17)15(22)21-14-7-5-6-12(9-14)16(23)24-2/h5-7,9-11H,3-4,8H2,1-2H3,(H,21,22)(H,18,19,20). The lowest BCUT2D eigenvalue weighted by molar-refractivity contribution is 0.0600. The van der Waals surface area contributed by atoms with Gasteiger partial charge in [-0.3, -0.25) is 4.79 Å². The van der Waals surface area contributed by atoms with E-state index in [9.17, 15) is 9.59 Å². The van der Waals surface area contributed by atoms with Crippen LogP contribution in [0.1, 0.15) is 40.5 Å². The molecule has 0 atom stereocenters. The van der Waals surface area contributed by atoms with E-state index in [1.807, 2.05) is 0 Å². The van der Waals surface area contributed by atoms with Crippen LogP contribution in [0.3, 0.4) is 0 Å². The second-order valence-electron chi connectivity index (χ2n) is 5.10. The smallest absolute Gasteiger partial charge is 0.337 e. The van der Waals surface area contributed by atoms with Crippen LogP contribution in [0.5, 0.6) is 0 Å². The number of benzene rings is 1. The first-order chi connectivity index (χ1) is 11.6. The fraction of sp³-hybridized carbons (Fsp3) is 0.294. The number of anilines is 2. The predicted molar refractivity (Wildman–Crippen MR) is 91.2 cm³/mol. The molecule has 0 aliphatic rings. The maximum atomic E-state index is 12.2. The van der Waals surface area contributed by atoms with Crippen molar-refractivity contribution in [3.63, 3.8) is 0 Å². The minimum atomic E-state index is -0.461. The van der Waals surface area contributed by atoms with Gasteiger partial charge in [0.1, 0.15) is 0 Å². The lowest BCUT2D eigenvalue weighted by Gasteiger charge is -2.07. The Bertz CT molecular complexity index is 701. The molecule has 0 saturated carbocycles. The number of carbonyl (C=O) groups is 2. The van der Waals surface area contributed by atoms with Crippen LogP contribution in [0, 0.1) is 0 Å². The zero-order valence-corrected chi connectivity index (χ0v) is 13.7. The van der Waals surface area contributed by atoms with Crippen molar-refractivity contribution < 1.29 is 14.3 Å². The average Bonchev–Trinajstić information content (AvgIpc) is 2.62. The number of nitrogens with one attached hydrogen (secondary N) is 2. The van der Waals surface area contributed by atoms with Crippen molar-refractivity contribution in [2.75, 3.05) is 24.3 Å². The van der Waals surface area contributed by atoms with Crippen molar-refractivity contribution in [3.05, 3.63) is 47.8 Å². The molecule has 7 heteroatoms. The summed E-state index contributed by atoms with van der Waals surface area (Å²) in [5.41, 5.74) is 1.19. The molecule has 2 rings (SSSR count). The Hall–Kier alpha value is -2.96. The summed E-state index contributed by atoms with van der Waals surface area (Å²) in [4.78, 5) is 31.9. The summed E-state index contributed by atoms with van der Waals surface area (Å²) in [6.07, 6.45) is 5.03. The van der Waals surface area contributed by atoms with E-state index in [1.54, 1.807) is 24.3 Å². The Labute approximate surface area is 140 Å². The first-order valence-corrected chi connectivity index (χ1v) is 7.69. The van der Waals surface area contributed by atoms with E-state index >= 15 is 0 Å². The third-order valence-corrected chi connectivity index (χ3v) is 3.27. The van der Waals surface area contributed by atoms with Crippen molar-refractivity contribution in [2.24, 2.45) is 0 Å². The van der Waals surface area contributed by atoms with Gasteiger partial charge >= 0.3 is 5.97 Å². The van der Waals surface area contributed by atoms with Gasteiger partial charge < -0.3 is 15.4 Å². The van der Waals surface area contributed by atoms with E-state index < -0.39 is 5.97 Å². The number of methoxy groups -OCH3 is 1. The maximum Gasteiger partial charge on any atom is 0.337 e. The van der Waals surface area contributed by atoms with Gasteiger partial charge in [-0.05, 0) is 24.6 Å². The number of amides is 1. The van der Waals surface area contributed by atoms with Gasteiger partial charge in [0.25, 0.3) is 5.91 Å². The summed E-state index contributed by atoms with van der Waals surface area (Å²) in [5.74, 6) is -0.318. The summed E-state index contributed by atoms with van der Waals surface area (Å²) < 4.78 is 4.66. The van der Waals surface area contributed by atoms with Gasteiger partial charge in [0, 0.05) is 24.6 Å². The number of ether oxygens (including phenoxy) is 1. The summed E-state index contributed by atoms with van der Waals surface area (Å²) in [7, 11) is 1.31. The maximum absolute atomic E-state index is 12.2. The molecule has 24 heavy (non-hydrogen) atoms. The molecule has 0 bridgehead atoms. The average molecular weight is 328 g/mol. The Kier molecular flexibility index (Phi) is 6.24. The van der Waals surface area contributed by atoms with E-state index in [2.05, 4.69) is 32.3 Å². The van der Waals surface area contributed by atoms with Crippen LogP contribution in [-0.4, -0.2) is 35.5 Å². The van der Waals surface area contributed by atoms with Gasteiger partial charge in [-0.1, -0.05) is 19.4 Å². The van der Waals surface area contributed by atoms with Crippen LogP contribution < -0.4 is 10.6 Å². The fourth-order valence-electron chi connectivity index (χ4n) is 1.96. The van der Waals surface area contributed by atoms with Gasteiger partial charge in [0.05, 0.1) is 18.2 Å². The van der Waals surface area contributed by atoms with Crippen LogP contribution in [0.4, 0.5) is 11.6 Å². The van der Waals surface area contributed by atoms with Crippen LogP contribution in [0.2, 0.25) is 0 Å². The van der Waals surface area contributed by atoms with Crippen LogP contribution in [0.15, 0.2) is 36.7 Å². The highest BCUT2D eigenvalue weighted by molar-refractivity contribution is 6.04. The lowest BCUT2D eigenvalue weighted by Crippen LogP contribution is -2.14. The number of aromatic nitrogens is 2. The molecule has 126 valence electrons. The number of unbranched alkanes of at least 4 members (excludes halogenated alkanes) is 1. The molecule has 2 aromatic rings. The highest BCUT2D eigenvalue weighted by Gasteiger charge is 2.10. The Balaban J connectivity index is 2.00. The second kappa shape index (κ2) is 8.61. The van der Waals surface area contributed by atoms with E-state index in [0.717, 1.165) is 19.4 Å². The van der Waals surface area contributed by atoms with Crippen LogP contribution in [-0.2, 0) is 4.74 Å². The Morgan fingerprint density at radius 1 is 1.17 bits per heavy atom. The quantitative estimate of drug-likeness (QED) is 0.599. The molecular weight excluding hydrogens is 308 g/mol.